The van der Waals surface area contributed by atoms with Crippen LogP contribution >= 0.6 is 12.6 Å². The summed E-state index contributed by atoms with van der Waals surface area (Å²) in [5.41, 5.74) is 1.07. The molecule has 1 rings (SSSR count). The van der Waals surface area contributed by atoms with Gasteiger partial charge in [-0.3, -0.25) is 9.59 Å². The zero-order valence-corrected chi connectivity index (χ0v) is 9.02. The third kappa shape index (κ3) is 2.45. The third-order valence-electron chi connectivity index (χ3n) is 1.98. The fourth-order valence-corrected chi connectivity index (χ4v) is 1.14. The number of aromatic amines is 1. The Balaban J connectivity index is 3.01. The highest BCUT2D eigenvalue weighted by atomic mass is 32.1. The maximum Gasteiger partial charge on any atom is 0.254 e. The second-order valence-corrected chi connectivity index (χ2v) is 3.41. The number of aromatic nitrogens is 2. The van der Waals surface area contributed by atoms with Crippen LogP contribution in [0.15, 0.2) is 4.79 Å². The standard InChI is InChI=1S/C9H12N2O2S/c1-5-6(2)10-8(11-9(5)13)3-7(12)4-14/h14H,3-4H2,1-2H3,(H,10,11,13). The Morgan fingerprint density at radius 2 is 2.14 bits per heavy atom. The predicted molar refractivity (Wildman–Crippen MR) is 56.9 cm³/mol. The molecular weight excluding hydrogens is 200 g/mol. The van der Waals surface area contributed by atoms with Crippen molar-refractivity contribution >= 4 is 18.4 Å². The molecule has 0 aliphatic carbocycles. The van der Waals surface area contributed by atoms with Crippen LogP contribution in [0.5, 0.6) is 0 Å². The van der Waals surface area contributed by atoms with E-state index in [0.29, 0.717) is 17.1 Å². The van der Waals surface area contributed by atoms with Gasteiger partial charge in [0.15, 0.2) is 0 Å². The summed E-state index contributed by atoms with van der Waals surface area (Å²) in [6.45, 7) is 3.45. The normalized spacial score (nSPS) is 10.2. The number of thiol groups is 1. The maximum absolute atomic E-state index is 11.3. The van der Waals surface area contributed by atoms with Crippen molar-refractivity contribution in [2.24, 2.45) is 0 Å². The van der Waals surface area contributed by atoms with Crippen LogP contribution in [-0.2, 0) is 11.2 Å². The van der Waals surface area contributed by atoms with E-state index in [1.165, 1.54) is 0 Å². The number of carbonyl (C=O) groups excluding carboxylic acids is 1. The molecule has 1 heterocycles. The zero-order valence-electron chi connectivity index (χ0n) is 8.13. The molecule has 0 fully saturated rings. The highest BCUT2D eigenvalue weighted by Crippen LogP contribution is 1.98. The average Bonchev–Trinajstić information content (AvgIpc) is 2.14. The highest BCUT2D eigenvalue weighted by Gasteiger charge is 2.06. The van der Waals surface area contributed by atoms with Gasteiger partial charge in [-0.05, 0) is 13.8 Å². The minimum Gasteiger partial charge on any atom is -0.310 e. The number of aryl methyl sites for hydroxylation is 1. The van der Waals surface area contributed by atoms with Gasteiger partial charge in [0, 0.05) is 17.0 Å². The number of nitrogens with zero attached hydrogens (tertiary/aromatic N) is 1. The number of hydrogen-bond donors (Lipinski definition) is 2. The van der Waals surface area contributed by atoms with E-state index in [1.807, 2.05) is 0 Å². The number of Topliss-reactive ketones (excluding diaryl/α,β-unsaturated/α-hetero) is 1. The van der Waals surface area contributed by atoms with Crippen LogP contribution in [0.25, 0.3) is 0 Å². The van der Waals surface area contributed by atoms with Crippen molar-refractivity contribution in [1.29, 1.82) is 0 Å². The van der Waals surface area contributed by atoms with E-state index in [2.05, 4.69) is 22.6 Å². The molecule has 0 bridgehead atoms. The third-order valence-corrected chi connectivity index (χ3v) is 2.34. The van der Waals surface area contributed by atoms with Crippen molar-refractivity contribution in [2.45, 2.75) is 20.3 Å². The molecule has 1 aromatic heterocycles. The second-order valence-electron chi connectivity index (χ2n) is 3.10. The number of carbonyl (C=O) groups is 1. The molecule has 1 aromatic rings. The van der Waals surface area contributed by atoms with Crippen LogP contribution in [0.3, 0.4) is 0 Å². The lowest BCUT2D eigenvalue weighted by Crippen LogP contribution is -2.18. The summed E-state index contributed by atoms with van der Waals surface area (Å²) in [4.78, 5) is 29.0. The van der Waals surface area contributed by atoms with Crippen LogP contribution in [0.2, 0.25) is 0 Å². The lowest BCUT2D eigenvalue weighted by molar-refractivity contribution is -0.116. The first-order chi connectivity index (χ1) is 6.54. The second kappa shape index (κ2) is 4.41. The first-order valence-corrected chi connectivity index (χ1v) is 4.86. The minimum atomic E-state index is -0.181. The molecule has 0 aliphatic heterocycles. The summed E-state index contributed by atoms with van der Waals surface area (Å²) in [6, 6.07) is 0. The number of H-pyrrole nitrogens is 1. The molecule has 0 saturated carbocycles. The van der Waals surface area contributed by atoms with Crippen LogP contribution < -0.4 is 5.56 Å². The van der Waals surface area contributed by atoms with Crippen LogP contribution in [0, 0.1) is 13.8 Å². The van der Waals surface area contributed by atoms with Crippen molar-refractivity contribution in [1.82, 2.24) is 9.97 Å². The van der Waals surface area contributed by atoms with Gasteiger partial charge < -0.3 is 4.98 Å². The Hall–Kier alpha value is -1.10. The van der Waals surface area contributed by atoms with Gasteiger partial charge >= 0.3 is 0 Å². The summed E-state index contributed by atoms with van der Waals surface area (Å²) in [5, 5.41) is 0. The zero-order chi connectivity index (χ0) is 10.7. The molecule has 14 heavy (non-hydrogen) atoms. The number of rotatable bonds is 3. The largest absolute Gasteiger partial charge is 0.310 e. The fourth-order valence-electron chi connectivity index (χ4n) is 1.03. The summed E-state index contributed by atoms with van der Waals surface area (Å²) in [5.74, 6) is 0.522. The monoisotopic (exact) mass is 212 g/mol. The van der Waals surface area contributed by atoms with Crippen molar-refractivity contribution in [3.63, 3.8) is 0 Å². The van der Waals surface area contributed by atoms with Gasteiger partial charge in [-0.1, -0.05) is 0 Å². The van der Waals surface area contributed by atoms with Crippen LogP contribution in [0.1, 0.15) is 17.1 Å². The molecule has 76 valence electrons. The van der Waals surface area contributed by atoms with E-state index in [4.69, 9.17) is 0 Å². The van der Waals surface area contributed by atoms with Crippen molar-refractivity contribution in [3.8, 4) is 0 Å². The predicted octanol–water partition coefficient (Wildman–Crippen LogP) is 0.428. The number of ketones is 1. The van der Waals surface area contributed by atoms with Gasteiger partial charge in [0.2, 0.25) is 0 Å². The van der Waals surface area contributed by atoms with E-state index in [0.717, 1.165) is 0 Å². The first-order valence-electron chi connectivity index (χ1n) is 4.23. The van der Waals surface area contributed by atoms with E-state index < -0.39 is 0 Å². The van der Waals surface area contributed by atoms with E-state index in [-0.39, 0.29) is 23.5 Å². The van der Waals surface area contributed by atoms with Gasteiger partial charge in [-0.15, -0.1) is 0 Å². The highest BCUT2D eigenvalue weighted by molar-refractivity contribution is 7.81. The molecule has 0 aromatic carbocycles. The van der Waals surface area contributed by atoms with Gasteiger partial charge in [0.1, 0.15) is 11.6 Å². The van der Waals surface area contributed by atoms with E-state index >= 15 is 0 Å². The van der Waals surface area contributed by atoms with Gasteiger partial charge in [0.25, 0.3) is 5.56 Å². The Morgan fingerprint density at radius 3 is 2.64 bits per heavy atom. The molecule has 0 saturated heterocycles. The Bertz CT molecular complexity index is 412. The quantitative estimate of drug-likeness (QED) is 0.714. The molecule has 0 unspecified atom stereocenters. The molecule has 0 aliphatic rings. The first kappa shape index (κ1) is 11.0. The van der Waals surface area contributed by atoms with E-state index in [9.17, 15) is 9.59 Å². The lowest BCUT2D eigenvalue weighted by atomic mass is 10.2. The molecule has 4 nitrogen and oxygen atoms in total. The van der Waals surface area contributed by atoms with Crippen molar-refractivity contribution < 1.29 is 4.79 Å². The van der Waals surface area contributed by atoms with Crippen molar-refractivity contribution in [2.75, 3.05) is 5.75 Å². The van der Waals surface area contributed by atoms with Crippen LogP contribution in [-0.4, -0.2) is 21.5 Å². The molecule has 0 spiro atoms. The Morgan fingerprint density at radius 1 is 1.50 bits per heavy atom. The molecular formula is C9H12N2O2S. The molecule has 0 radical (unpaired) electrons. The summed E-state index contributed by atoms with van der Waals surface area (Å²) in [6.07, 6.45) is 0.139. The maximum atomic E-state index is 11.3. The Kier molecular flexibility index (Phi) is 3.46. The summed E-state index contributed by atoms with van der Waals surface area (Å²) >= 11 is 3.85. The molecule has 0 atom stereocenters. The summed E-state index contributed by atoms with van der Waals surface area (Å²) < 4.78 is 0. The average molecular weight is 212 g/mol. The number of hydrogen-bond acceptors (Lipinski definition) is 4. The van der Waals surface area contributed by atoms with Gasteiger partial charge in [0.05, 0.1) is 6.42 Å². The van der Waals surface area contributed by atoms with Crippen molar-refractivity contribution in [3.05, 3.63) is 27.4 Å². The number of nitrogens with one attached hydrogen (secondary N) is 1. The fraction of sp³-hybridized carbons (Fsp3) is 0.444. The summed E-state index contributed by atoms with van der Waals surface area (Å²) in [7, 11) is 0. The lowest BCUT2D eigenvalue weighted by Gasteiger charge is -2.02. The van der Waals surface area contributed by atoms with Crippen LogP contribution in [0.4, 0.5) is 0 Å². The van der Waals surface area contributed by atoms with Gasteiger partial charge in [-0.2, -0.15) is 12.6 Å². The Labute approximate surface area is 87.2 Å². The molecule has 5 heteroatoms. The van der Waals surface area contributed by atoms with E-state index in [1.54, 1.807) is 13.8 Å². The smallest absolute Gasteiger partial charge is 0.254 e. The SMILES string of the molecule is Cc1nc(CC(=O)CS)[nH]c(=O)c1C. The minimum absolute atomic E-state index is 0.0558. The molecule has 1 N–H and O–H groups in total. The molecule has 0 amide bonds. The van der Waals surface area contributed by atoms with Gasteiger partial charge in [-0.25, -0.2) is 4.98 Å². The topological polar surface area (TPSA) is 62.8 Å².